The van der Waals surface area contributed by atoms with Crippen LogP contribution in [0.4, 0.5) is 11.4 Å². The summed E-state index contributed by atoms with van der Waals surface area (Å²) in [6.07, 6.45) is 8.15. The monoisotopic (exact) mass is 323 g/mol. The maximum absolute atomic E-state index is 12.3. The van der Waals surface area contributed by atoms with E-state index in [-0.39, 0.29) is 18.3 Å². The summed E-state index contributed by atoms with van der Waals surface area (Å²) in [5, 5.41) is 3.20. The number of nitrogens with zero attached hydrogens (tertiary/aromatic N) is 1. The minimum absolute atomic E-state index is 0. The average Bonchev–Trinajstić information content (AvgIpc) is 2.49. The van der Waals surface area contributed by atoms with E-state index in [4.69, 9.17) is 5.73 Å². The number of amides is 1. The van der Waals surface area contributed by atoms with Crippen LogP contribution in [0, 0.1) is 0 Å². The van der Waals surface area contributed by atoms with E-state index in [2.05, 4.69) is 16.3 Å². The quantitative estimate of drug-likeness (QED) is 0.841. The van der Waals surface area contributed by atoms with Crippen LogP contribution in [-0.2, 0) is 11.2 Å². The zero-order valence-electron chi connectivity index (χ0n) is 13.0. The maximum atomic E-state index is 12.3. The summed E-state index contributed by atoms with van der Waals surface area (Å²) < 4.78 is 0. The molecule has 1 amide bonds. The molecule has 0 bridgehead atoms. The first-order valence-electron chi connectivity index (χ1n) is 8.16. The van der Waals surface area contributed by atoms with Gasteiger partial charge in [0.15, 0.2) is 0 Å². The van der Waals surface area contributed by atoms with E-state index in [1.54, 1.807) is 0 Å². The second kappa shape index (κ2) is 7.73. The first-order chi connectivity index (χ1) is 10.2. The molecular formula is C17H26ClN3O. The number of nitrogen functional groups attached to an aromatic ring is 1. The Bertz CT molecular complexity index is 515. The van der Waals surface area contributed by atoms with Crippen LogP contribution >= 0.6 is 12.4 Å². The molecule has 0 aromatic heterocycles. The molecule has 0 saturated heterocycles. The van der Waals surface area contributed by atoms with Gasteiger partial charge in [0.2, 0.25) is 5.91 Å². The maximum Gasteiger partial charge on any atom is 0.239 e. The number of carbonyl (C=O) groups excluding carboxylic acids is 1. The Morgan fingerprint density at radius 2 is 2.00 bits per heavy atom. The number of benzene rings is 1. The summed E-state index contributed by atoms with van der Waals surface area (Å²) in [6.45, 7) is 1.39. The number of hydrogen-bond donors (Lipinski definition) is 2. The molecule has 1 saturated carbocycles. The van der Waals surface area contributed by atoms with Crippen molar-refractivity contribution in [1.29, 1.82) is 0 Å². The van der Waals surface area contributed by atoms with Crippen LogP contribution in [0.15, 0.2) is 18.2 Å². The summed E-state index contributed by atoms with van der Waals surface area (Å²) in [7, 11) is 0. The minimum Gasteiger partial charge on any atom is -0.398 e. The van der Waals surface area contributed by atoms with Crippen LogP contribution in [0.2, 0.25) is 0 Å². The second-order valence-corrected chi connectivity index (χ2v) is 6.27. The molecule has 4 nitrogen and oxygen atoms in total. The lowest BCUT2D eigenvalue weighted by Gasteiger charge is -2.32. The van der Waals surface area contributed by atoms with E-state index in [9.17, 15) is 4.79 Å². The zero-order valence-corrected chi connectivity index (χ0v) is 13.8. The Kier molecular flexibility index (Phi) is 5.95. The van der Waals surface area contributed by atoms with Gasteiger partial charge in [-0.2, -0.15) is 0 Å². The lowest BCUT2D eigenvalue weighted by Crippen LogP contribution is -2.44. The highest BCUT2D eigenvalue weighted by Gasteiger charge is 2.22. The van der Waals surface area contributed by atoms with Crippen molar-refractivity contribution < 1.29 is 4.79 Å². The number of halogens is 1. The molecule has 1 aliphatic heterocycles. The molecule has 1 fully saturated rings. The summed E-state index contributed by atoms with van der Waals surface area (Å²) >= 11 is 0. The number of hydrogen-bond acceptors (Lipinski definition) is 3. The van der Waals surface area contributed by atoms with Crippen molar-refractivity contribution in [3.63, 3.8) is 0 Å². The van der Waals surface area contributed by atoms with Crippen molar-refractivity contribution in [3.05, 3.63) is 23.8 Å². The fraction of sp³-hybridized carbons (Fsp3) is 0.588. The van der Waals surface area contributed by atoms with Crippen LogP contribution in [0.1, 0.15) is 44.1 Å². The second-order valence-electron chi connectivity index (χ2n) is 6.27. The summed E-state index contributed by atoms with van der Waals surface area (Å²) in [4.78, 5) is 14.5. The predicted molar refractivity (Wildman–Crippen MR) is 93.7 cm³/mol. The van der Waals surface area contributed by atoms with Gasteiger partial charge in [0.25, 0.3) is 0 Å². The molecule has 122 valence electrons. The number of fused-ring (bicyclic) bond motifs is 1. The van der Waals surface area contributed by atoms with Crippen LogP contribution in [0.3, 0.4) is 0 Å². The van der Waals surface area contributed by atoms with Crippen LogP contribution in [-0.4, -0.2) is 25.0 Å². The number of carbonyl (C=O) groups is 1. The number of nitrogens with two attached hydrogens (primary N) is 1. The lowest BCUT2D eigenvalue weighted by atomic mass is 9.95. The molecule has 0 radical (unpaired) electrons. The molecule has 0 atom stereocenters. The Balaban J connectivity index is 0.00000176. The summed E-state index contributed by atoms with van der Waals surface area (Å²) in [6, 6.07) is 6.39. The predicted octanol–water partition coefficient (Wildman–Crippen LogP) is 2.89. The van der Waals surface area contributed by atoms with Crippen molar-refractivity contribution in [3.8, 4) is 0 Å². The highest BCUT2D eigenvalue weighted by molar-refractivity contribution is 5.85. The number of rotatable bonds is 3. The summed E-state index contributed by atoms with van der Waals surface area (Å²) in [5.41, 5.74) is 9.25. The van der Waals surface area contributed by atoms with Gasteiger partial charge in [-0.05, 0) is 43.4 Å². The van der Waals surface area contributed by atoms with Crippen LogP contribution in [0.25, 0.3) is 0 Å². The largest absolute Gasteiger partial charge is 0.398 e. The number of nitrogens with one attached hydrogen (secondary N) is 1. The first kappa shape index (κ1) is 16.9. The molecule has 1 heterocycles. The molecule has 1 aromatic rings. The number of anilines is 2. The third-order valence-corrected chi connectivity index (χ3v) is 4.69. The third kappa shape index (κ3) is 3.86. The zero-order chi connectivity index (χ0) is 14.7. The molecule has 1 aliphatic carbocycles. The van der Waals surface area contributed by atoms with Crippen molar-refractivity contribution in [2.45, 2.75) is 51.0 Å². The van der Waals surface area contributed by atoms with Gasteiger partial charge in [-0.25, -0.2) is 0 Å². The molecule has 0 spiro atoms. The first-order valence-corrected chi connectivity index (χ1v) is 8.16. The molecular weight excluding hydrogens is 298 g/mol. The van der Waals surface area contributed by atoms with E-state index in [1.165, 1.54) is 24.8 Å². The van der Waals surface area contributed by atoms with Crippen molar-refractivity contribution in [2.75, 3.05) is 23.7 Å². The van der Waals surface area contributed by atoms with Gasteiger partial charge in [-0.15, -0.1) is 12.4 Å². The Morgan fingerprint density at radius 1 is 1.23 bits per heavy atom. The van der Waals surface area contributed by atoms with Gasteiger partial charge in [0, 0.05) is 24.0 Å². The fourth-order valence-corrected chi connectivity index (χ4v) is 3.59. The molecule has 0 unspecified atom stereocenters. The van der Waals surface area contributed by atoms with Crippen LogP contribution in [0.5, 0.6) is 0 Å². The Morgan fingerprint density at radius 3 is 2.77 bits per heavy atom. The summed E-state index contributed by atoms with van der Waals surface area (Å²) in [5.74, 6) is 0.150. The Hall–Kier alpha value is -1.42. The SMILES string of the molecule is Cl.Nc1cccc2c1CCCN2CC(=O)NC1CCCCC1. The standard InChI is InChI=1S/C17H25N3O.ClH/c18-15-9-4-10-16-14(15)8-5-11-20(16)12-17(21)19-13-6-2-1-3-7-13;/h4,9-10,13H,1-3,5-8,11-12,18H2,(H,19,21);1H. The highest BCUT2D eigenvalue weighted by atomic mass is 35.5. The van der Waals surface area contributed by atoms with Gasteiger partial charge in [-0.1, -0.05) is 25.3 Å². The topological polar surface area (TPSA) is 58.4 Å². The minimum atomic E-state index is 0. The smallest absolute Gasteiger partial charge is 0.239 e. The highest BCUT2D eigenvalue weighted by Crippen LogP contribution is 2.30. The van der Waals surface area contributed by atoms with Crippen LogP contribution < -0.4 is 16.0 Å². The van der Waals surface area contributed by atoms with Crippen molar-refractivity contribution in [1.82, 2.24) is 5.32 Å². The molecule has 2 aliphatic rings. The normalized spacial score (nSPS) is 18.3. The van der Waals surface area contributed by atoms with E-state index in [0.29, 0.717) is 12.6 Å². The van der Waals surface area contributed by atoms with Gasteiger partial charge >= 0.3 is 0 Å². The van der Waals surface area contributed by atoms with Gasteiger partial charge in [0.1, 0.15) is 0 Å². The molecule has 3 N–H and O–H groups in total. The van der Waals surface area contributed by atoms with Gasteiger partial charge in [-0.3, -0.25) is 4.79 Å². The van der Waals surface area contributed by atoms with E-state index in [1.807, 2.05) is 12.1 Å². The lowest BCUT2D eigenvalue weighted by molar-refractivity contribution is -0.120. The average molecular weight is 324 g/mol. The fourth-order valence-electron chi connectivity index (χ4n) is 3.59. The molecule has 22 heavy (non-hydrogen) atoms. The molecule has 3 rings (SSSR count). The molecule has 1 aromatic carbocycles. The van der Waals surface area contributed by atoms with Crippen molar-refractivity contribution >= 4 is 29.7 Å². The van der Waals surface area contributed by atoms with Gasteiger partial charge < -0.3 is 16.0 Å². The van der Waals surface area contributed by atoms with Gasteiger partial charge in [0.05, 0.1) is 6.54 Å². The van der Waals surface area contributed by atoms with E-state index >= 15 is 0 Å². The van der Waals surface area contributed by atoms with Crippen molar-refractivity contribution in [2.24, 2.45) is 0 Å². The van der Waals surface area contributed by atoms with E-state index in [0.717, 1.165) is 43.6 Å². The molecule has 5 heteroatoms. The third-order valence-electron chi connectivity index (χ3n) is 4.69. The van der Waals surface area contributed by atoms with E-state index < -0.39 is 0 Å². The Labute approximate surface area is 138 Å².